The molecule has 0 aliphatic heterocycles. The Labute approximate surface area is 92.6 Å². The monoisotopic (exact) mass is 261 g/mol. The van der Waals surface area contributed by atoms with Gasteiger partial charge in [-0.05, 0) is 40.5 Å². The van der Waals surface area contributed by atoms with Crippen LogP contribution in [0.1, 0.15) is 18.4 Å². The van der Waals surface area contributed by atoms with Crippen LogP contribution >= 0.6 is 27.5 Å². The van der Waals surface area contributed by atoms with Gasteiger partial charge in [0.05, 0.1) is 5.02 Å². The molecular formula is C10H13BrClN. The molecule has 1 N–H and O–H groups in total. The lowest BCUT2D eigenvalue weighted by molar-refractivity contribution is 0.675. The van der Waals surface area contributed by atoms with E-state index in [0.717, 1.165) is 16.0 Å². The lowest BCUT2D eigenvalue weighted by atomic mass is 10.0. The zero-order chi connectivity index (χ0) is 9.84. The summed E-state index contributed by atoms with van der Waals surface area (Å²) in [5, 5.41) is 3.93. The molecule has 0 radical (unpaired) electrons. The van der Waals surface area contributed by atoms with Gasteiger partial charge in [0.25, 0.3) is 0 Å². The summed E-state index contributed by atoms with van der Waals surface area (Å²) in [7, 11) is 1.95. The van der Waals surface area contributed by atoms with E-state index in [9.17, 15) is 0 Å². The fourth-order valence-electron chi connectivity index (χ4n) is 1.32. The first-order valence-electron chi connectivity index (χ1n) is 4.25. The van der Waals surface area contributed by atoms with E-state index >= 15 is 0 Å². The summed E-state index contributed by atoms with van der Waals surface area (Å²) in [6.45, 7) is 3.13. The summed E-state index contributed by atoms with van der Waals surface area (Å²) in [6.07, 6.45) is 0. The van der Waals surface area contributed by atoms with Crippen molar-refractivity contribution in [2.45, 2.75) is 12.8 Å². The van der Waals surface area contributed by atoms with Crippen LogP contribution in [0.5, 0.6) is 0 Å². The molecule has 0 amide bonds. The van der Waals surface area contributed by atoms with Crippen LogP contribution in [-0.2, 0) is 0 Å². The Hall–Kier alpha value is -0.0500. The molecule has 3 heteroatoms. The zero-order valence-electron chi connectivity index (χ0n) is 7.77. The molecule has 0 spiro atoms. The number of rotatable bonds is 3. The van der Waals surface area contributed by atoms with E-state index in [1.54, 1.807) is 0 Å². The molecule has 0 aromatic heterocycles. The number of nitrogens with one attached hydrogen (secondary N) is 1. The molecule has 0 aliphatic rings. The van der Waals surface area contributed by atoms with Gasteiger partial charge in [-0.15, -0.1) is 0 Å². The van der Waals surface area contributed by atoms with Crippen LogP contribution in [-0.4, -0.2) is 13.6 Å². The molecule has 1 aromatic rings. The van der Waals surface area contributed by atoms with Crippen LogP contribution in [0.2, 0.25) is 5.02 Å². The highest BCUT2D eigenvalue weighted by atomic mass is 79.9. The van der Waals surface area contributed by atoms with Crippen molar-refractivity contribution in [2.24, 2.45) is 0 Å². The Kier molecular flexibility index (Phi) is 4.23. The first kappa shape index (κ1) is 11.0. The van der Waals surface area contributed by atoms with Crippen LogP contribution in [0, 0.1) is 0 Å². The van der Waals surface area contributed by atoms with E-state index in [-0.39, 0.29) is 0 Å². The molecule has 0 saturated heterocycles. The highest BCUT2D eigenvalue weighted by Crippen LogP contribution is 2.30. The van der Waals surface area contributed by atoms with Crippen molar-refractivity contribution in [3.05, 3.63) is 33.3 Å². The Morgan fingerprint density at radius 3 is 2.85 bits per heavy atom. The summed E-state index contributed by atoms with van der Waals surface area (Å²) in [6, 6.07) is 5.97. The quantitative estimate of drug-likeness (QED) is 0.880. The summed E-state index contributed by atoms with van der Waals surface area (Å²) in [5.74, 6) is 0.470. The number of likely N-dealkylation sites (N-methyl/N-ethyl adjacent to an activating group) is 1. The van der Waals surface area contributed by atoms with Gasteiger partial charge in [0.2, 0.25) is 0 Å². The number of halogens is 2. The van der Waals surface area contributed by atoms with E-state index in [4.69, 9.17) is 11.6 Å². The second-order valence-electron chi connectivity index (χ2n) is 3.10. The van der Waals surface area contributed by atoms with Gasteiger partial charge < -0.3 is 5.32 Å². The van der Waals surface area contributed by atoms with Crippen molar-refractivity contribution in [3.63, 3.8) is 0 Å². The molecule has 1 atom stereocenters. The van der Waals surface area contributed by atoms with Crippen LogP contribution in [0.25, 0.3) is 0 Å². The molecule has 1 aromatic carbocycles. The normalized spacial score (nSPS) is 12.9. The predicted octanol–water partition coefficient (Wildman–Crippen LogP) is 3.43. The highest BCUT2D eigenvalue weighted by molar-refractivity contribution is 9.10. The van der Waals surface area contributed by atoms with Gasteiger partial charge in [0, 0.05) is 11.0 Å². The minimum atomic E-state index is 0.470. The average Bonchev–Trinajstić information content (AvgIpc) is 2.10. The first-order valence-corrected chi connectivity index (χ1v) is 5.42. The second-order valence-corrected chi connectivity index (χ2v) is 4.30. The maximum absolute atomic E-state index is 5.99. The molecule has 0 heterocycles. The van der Waals surface area contributed by atoms with E-state index < -0.39 is 0 Å². The molecule has 1 nitrogen and oxygen atoms in total. The second kappa shape index (κ2) is 4.99. The van der Waals surface area contributed by atoms with E-state index in [1.165, 1.54) is 5.56 Å². The summed E-state index contributed by atoms with van der Waals surface area (Å²) < 4.78 is 1.01. The first-order chi connectivity index (χ1) is 6.16. The average molecular weight is 263 g/mol. The van der Waals surface area contributed by atoms with Gasteiger partial charge in [-0.2, -0.15) is 0 Å². The molecular weight excluding hydrogens is 249 g/mol. The maximum Gasteiger partial charge on any atom is 0.0550 e. The zero-order valence-corrected chi connectivity index (χ0v) is 10.1. The molecule has 13 heavy (non-hydrogen) atoms. The largest absolute Gasteiger partial charge is 0.319 e. The minimum absolute atomic E-state index is 0.470. The molecule has 0 bridgehead atoms. The third-order valence-corrected chi connectivity index (χ3v) is 3.45. The Morgan fingerprint density at radius 1 is 1.54 bits per heavy atom. The minimum Gasteiger partial charge on any atom is -0.319 e. The van der Waals surface area contributed by atoms with Crippen LogP contribution in [0.15, 0.2) is 22.7 Å². The van der Waals surface area contributed by atoms with Crippen molar-refractivity contribution in [2.75, 3.05) is 13.6 Å². The Morgan fingerprint density at radius 2 is 2.23 bits per heavy atom. The molecule has 0 aliphatic carbocycles. The lowest BCUT2D eigenvalue weighted by Gasteiger charge is -2.13. The molecule has 1 rings (SSSR count). The third-order valence-electron chi connectivity index (χ3n) is 2.02. The van der Waals surface area contributed by atoms with Crippen LogP contribution in [0.4, 0.5) is 0 Å². The van der Waals surface area contributed by atoms with Gasteiger partial charge >= 0.3 is 0 Å². The van der Waals surface area contributed by atoms with Crippen LogP contribution in [0.3, 0.4) is 0 Å². The fraction of sp³-hybridized carbons (Fsp3) is 0.400. The molecule has 72 valence electrons. The summed E-state index contributed by atoms with van der Waals surface area (Å²) >= 11 is 9.48. The van der Waals surface area contributed by atoms with Crippen molar-refractivity contribution < 1.29 is 0 Å². The maximum atomic E-state index is 5.99. The summed E-state index contributed by atoms with van der Waals surface area (Å²) in [5.41, 5.74) is 1.25. The highest BCUT2D eigenvalue weighted by Gasteiger charge is 2.09. The van der Waals surface area contributed by atoms with Crippen LogP contribution < -0.4 is 5.32 Å². The topological polar surface area (TPSA) is 12.0 Å². The Balaban J connectivity index is 2.93. The standard InChI is InChI=1S/C10H13BrClN/c1-7(6-13-2)8-4-3-5-9(12)10(8)11/h3-5,7,13H,6H2,1-2H3. The number of benzene rings is 1. The lowest BCUT2D eigenvalue weighted by Crippen LogP contribution is -2.15. The molecule has 1 unspecified atom stereocenters. The third kappa shape index (κ3) is 2.70. The predicted molar refractivity (Wildman–Crippen MR) is 61.5 cm³/mol. The Bertz CT molecular complexity index is 288. The van der Waals surface area contributed by atoms with Gasteiger partial charge in [-0.25, -0.2) is 0 Å². The summed E-state index contributed by atoms with van der Waals surface area (Å²) in [4.78, 5) is 0. The van der Waals surface area contributed by atoms with Gasteiger partial charge in [-0.3, -0.25) is 0 Å². The number of hydrogen-bond acceptors (Lipinski definition) is 1. The molecule has 0 saturated carbocycles. The van der Waals surface area contributed by atoms with Gasteiger partial charge in [0.15, 0.2) is 0 Å². The smallest absolute Gasteiger partial charge is 0.0550 e. The molecule has 0 fully saturated rings. The van der Waals surface area contributed by atoms with Gasteiger partial charge in [-0.1, -0.05) is 30.7 Å². The van der Waals surface area contributed by atoms with E-state index in [1.807, 2.05) is 19.2 Å². The van der Waals surface area contributed by atoms with Crippen molar-refractivity contribution in [3.8, 4) is 0 Å². The van der Waals surface area contributed by atoms with Crippen molar-refractivity contribution in [1.29, 1.82) is 0 Å². The van der Waals surface area contributed by atoms with E-state index in [0.29, 0.717) is 5.92 Å². The van der Waals surface area contributed by atoms with Crippen molar-refractivity contribution in [1.82, 2.24) is 5.32 Å². The fourth-order valence-corrected chi connectivity index (χ4v) is 2.15. The van der Waals surface area contributed by atoms with Crippen molar-refractivity contribution >= 4 is 27.5 Å². The SMILES string of the molecule is CNCC(C)c1cccc(Cl)c1Br. The van der Waals surface area contributed by atoms with E-state index in [2.05, 4.69) is 34.2 Å². The van der Waals surface area contributed by atoms with Gasteiger partial charge in [0.1, 0.15) is 0 Å². The number of hydrogen-bond donors (Lipinski definition) is 1.